The summed E-state index contributed by atoms with van der Waals surface area (Å²) < 4.78 is 0. The van der Waals surface area contributed by atoms with E-state index in [1.807, 2.05) is 19.2 Å². The van der Waals surface area contributed by atoms with Crippen molar-refractivity contribution >= 4 is 0 Å². The summed E-state index contributed by atoms with van der Waals surface area (Å²) in [6.07, 6.45) is 2.13. The summed E-state index contributed by atoms with van der Waals surface area (Å²) in [5, 5.41) is 12.6. The minimum atomic E-state index is 0.266. The first-order valence-corrected chi connectivity index (χ1v) is 5.52. The van der Waals surface area contributed by atoms with Crippen molar-refractivity contribution in [3.8, 4) is 5.75 Å². The molecule has 0 saturated heterocycles. The number of rotatable bonds is 5. The first-order chi connectivity index (χ1) is 7.09. The highest BCUT2D eigenvalue weighted by Crippen LogP contribution is 2.26. The third-order valence-electron chi connectivity index (χ3n) is 3.00. The maximum Gasteiger partial charge on any atom is 0.115 e. The number of phenolic OH excluding ortho intramolecular Hbond substituents is 1. The largest absolute Gasteiger partial charge is 0.508 e. The molecule has 0 fully saturated rings. The number of aromatic hydroxyl groups is 1. The van der Waals surface area contributed by atoms with Gasteiger partial charge in [0.25, 0.3) is 0 Å². The molecule has 15 heavy (non-hydrogen) atoms. The van der Waals surface area contributed by atoms with Crippen LogP contribution < -0.4 is 5.32 Å². The van der Waals surface area contributed by atoms with Crippen LogP contribution in [0.15, 0.2) is 24.3 Å². The minimum absolute atomic E-state index is 0.266. The molecule has 1 rings (SSSR count). The summed E-state index contributed by atoms with van der Waals surface area (Å²) in [5.41, 5.74) is 1.47. The topological polar surface area (TPSA) is 32.3 Å². The van der Waals surface area contributed by atoms with E-state index in [0.29, 0.717) is 5.75 Å². The fourth-order valence-corrected chi connectivity index (χ4v) is 1.90. The van der Waals surface area contributed by atoms with Gasteiger partial charge in [-0.1, -0.05) is 26.0 Å². The normalized spacial score (nSPS) is 14.9. The van der Waals surface area contributed by atoms with E-state index in [-0.39, 0.29) is 5.41 Å². The van der Waals surface area contributed by atoms with Gasteiger partial charge in [-0.05, 0) is 43.0 Å². The summed E-state index contributed by atoms with van der Waals surface area (Å²) in [5.74, 6) is 0.357. The van der Waals surface area contributed by atoms with Crippen LogP contribution in [0, 0.1) is 5.41 Å². The van der Waals surface area contributed by atoms with Crippen LogP contribution in [0.25, 0.3) is 0 Å². The van der Waals surface area contributed by atoms with Crippen LogP contribution in [0.2, 0.25) is 0 Å². The first-order valence-electron chi connectivity index (χ1n) is 5.52. The molecule has 0 heterocycles. The Balaban J connectivity index is 2.74. The molecule has 0 aliphatic rings. The Morgan fingerprint density at radius 3 is 2.67 bits per heavy atom. The third kappa shape index (κ3) is 3.56. The average Bonchev–Trinajstić information content (AvgIpc) is 2.18. The van der Waals surface area contributed by atoms with Gasteiger partial charge in [0.05, 0.1) is 0 Å². The molecule has 2 N–H and O–H groups in total. The highest BCUT2D eigenvalue weighted by molar-refractivity contribution is 5.27. The average molecular weight is 207 g/mol. The highest BCUT2D eigenvalue weighted by atomic mass is 16.3. The fourth-order valence-electron chi connectivity index (χ4n) is 1.90. The van der Waals surface area contributed by atoms with E-state index in [4.69, 9.17) is 0 Å². The Hall–Kier alpha value is -1.02. The van der Waals surface area contributed by atoms with Crippen LogP contribution >= 0.6 is 0 Å². The monoisotopic (exact) mass is 207 g/mol. The van der Waals surface area contributed by atoms with Crippen LogP contribution in [-0.2, 0) is 6.42 Å². The molecular weight excluding hydrogens is 186 g/mol. The molecule has 0 spiro atoms. The predicted molar refractivity (Wildman–Crippen MR) is 64.1 cm³/mol. The quantitative estimate of drug-likeness (QED) is 0.777. The van der Waals surface area contributed by atoms with Crippen molar-refractivity contribution in [2.75, 3.05) is 13.6 Å². The number of nitrogens with one attached hydrogen (secondary N) is 1. The molecule has 1 unspecified atom stereocenters. The van der Waals surface area contributed by atoms with E-state index >= 15 is 0 Å². The van der Waals surface area contributed by atoms with Crippen molar-refractivity contribution in [3.05, 3.63) is 29.8 Å². The van der Waals surface area contributed by atoms with Crippen molar-refractivity contribution in [2.45, 2.75) is 26.7 Å². The second kappa shape index (κ2) is 5.17. The van der Waals surface area contributed by atoms with Crippen LogP contribution in [0.3, 0.4) is 0 Å². The second-order valence-electron chi connectivity index (χ2n) is 4.54. The Morgan fingerprint density at radius 2 is 2.13 bits per heavy atom. The zero-order valence-electron chi connectivity index (χ0n) is 9.88. The van der Waals surface area contributed by atoms with Gasteiger partial charge in [-0.25, -0.2) is 0 Å². The summed E-state index contributed by atoms with van der Waals surface area (Å²) in [7, 11) is 1.98. The SMILES string of the molecule is CCC(C)(CNC)Cc1cccc(O)c1. The molecule has 84 valence electrons. The summed E-state index contributed by atoms with van der Waals surface area (Å²) in [4.78, 5) is 0. The van der Waals surface area contributed by atoms with Gasteiger partial charge in [-0.2, -0.15) is 0 Å². The van der Waals surface area contributed by atoms with E-state index in [1.165, 1.54) is 5.56 Å². The van der Waals surface area contributed by atoms with Crippen LogP contribution in [0.4, 0.5) is 0 Å². The molecular formula is C13H21NO. The molecule has 0 aliphatic carbocycles. The lowest BCUT2D eigenvalue weighted by Gasteiger charge is -2.28. The van der Waals surface area contributed by atoms with Gasteiger partial charge in [0.15, 0.2) is 0 Å². The molecule has 1 aromatic carbocycles. The standard InChI is InChI=1S/C13H21NO/c1-4-13(2,10-14-3)9-11-6-5-7-12(15)8-11/h5-8,14-15H,4,9-10H2,1-3H3. The van der Waals surface area contributed by atoms with Gasteiger partial charge in [-0.15, -0.1) is 0 Å². The van der Waals surface area contributed by atoms with Gasteiger partial charge in [0.2, 0.25) is 0 Å². The first kappa shape index (κ1) is 12.1. The van der Waals surface area contributed by atoms with Crippen molar-refractivity contribution < 1.29 is 5.11 Å². The summed E-state index contributed by atoms with van der Waals surface area (Å²) in [6, 6.07) is 7.54. The molecule has 0 bridgehead atoms. The third-order valence-corrected chi connectivity index (χ3v) is 3.00. The van der Waals surface area contributed by atoms with Gasteiger partial charge in [-0.3, -0.25) is 0 Å². The molecule has 1 atom stereocenters. The van der Waals surface area contributed by atoms with Crippen LogP contribution in [-0.4, -0.2) is 18.7 Å². The smallest absolute Gasteiger partial charge is 0.115 e. The molecule has 1 aromatic rings. The number of hydrogen-bond donors (Lipinski definition) is 2. The highest BCUT2D eigenvalue weighted by Gasteiger charge is 2.21. The molecule has 2 nitrogen and oxygen atoms in total. The summed E-state index contributed by atoms with van der Waals surface area (Å²) in [6.45, 7) is 5.48. The van der Waals surface area contributed by atoms with Crippen LogP contribution in [0.5, 0.6) is 5.75 Å². The van der Waals surface area contributed by atoms with Crippen LogP contribution in [0.1, 0.15) is 25.8 Å². The second-order valence-corrected chi connectivity index (χ2v) is 4.54. The lowest BCUT2D eigenvalue weighted by molar-refractivity contribution is 0.298. The van der Waals surface area contributed by atoms with Gasteiger partial charge < -0.3 is 10.4 Å². The maximum atomic E-state index is 9.40. The zero-order valence-corrected chi connectivity index (χ0v) is 9.88. The molecule has 0 aliphatic heterocycles. The molecule has 0 radical (unpaired) electrons. The van der Waals surface area contributed by atoms with E-state index in [2.05, 4.69) is 25.2 Å². The minimum Gasteiger partial charge on any atom is -0.508 e. The molecule has 0 aromatic heterocycles. The number of phenols is 1. The fraction of sp³-hybridized carbons (Fsp3) is 0.538. The Bertz CT molecular complexity index is 311. The van der Waals surface area contributed by atoms with E-state index < -0.39 is 0 Å². The van der Waals surface area contributed by atoms with Crippen molar-refractivity contribution in [1.29, 1.82) is 0 Å². The van der Waals surface area contributed by atoms with E-state index in [9.17, 15) is 5.11 Å². The van der Waals surface area contributed by atoms with Crippen molar-refractivity contribution in [3.63, 3.8) is 0 Å². The molecule has 0 amide bonds. The maximum absolute atomic E-state index is 9.40. The Labute approximate surface area is 92.3 Å². The number of benzene rings is 1. The Kier molecular flexibility index (Phi) is 4.15. The van der Waals surface area contributed by atoms with E-state index in [0.717, 1.165) is 19.4 Å². The lowest BCUT2D eigenvalue weighted by atomic mass is 9.81. The van der Waals surface area contributed by atoms with Gasteiger partial charge in [0.1, 0.15) is 5.75 Å². The van der Waals surface area contributed by atoms with Gasteiger partial charge in [0, 0.05) is 6.54 Å². The predicted octanol–water partition coefficient (Wildman–Crippen LogP) is 2.57. The van der Waals surface area contributed by atoms with Crippen molar-refractivity contribution in [2.24, 2.45) is 5.41 Å². The Morgan fingerprint density at radius 1 is 1.40 bits per heavy atom. The zero-order chi connectivity index (χ0) is 11.3. The van der Waals surface area contributed by atoms with Crippen molar-refractivity contribution in [1.82, 2.24) is 5.32 Å². The van der Waals surface area contributed by atoms with E-state index in [1.54, 1.807) is 6.07 Å². The lowest BCUT2D eigenvalue weighted by Crippen LogP contribution is -2.31. The molecule has 0 saturated carbocycles. The summed E-state index contributed by atoms with van der Waals surface area (Å²) >= 11 is 0. The molecule has 2 heteroatoms. The number of hydrogen-bond acceptors (Lipinski definition) is 2. The van der Waals surface area contributed by atoms with Gasteiger partial charge >= 0.3 is 0 Å².